The molecule has 3 atom stereocenters. The zero-order valence-corrected chi connectivity index (χ0v) is 37.5. The van der Waals surface area contributed by atoms with Crippen molar-refractivity contribution in [2.75, 3.05) is 43.6 Å². The monoisotopic (exact) mass is 915 g/mol. The van der Waals surface area contributed by atoms with Gasteiger partial charge >= 0.3 is 6.18 Å². The number of pyridine rings is 1. The Bertz CT molecular complexity index is 2470. The van der Waals surface area contributed by atoms with Gasteiger partial charge in [-0.25, -0.2) is 9.97 Å². The number of piperidine rings is 1. The van der Waals surface area contributed by atoms with Crippen LogP contribution < -0.4 is 25.6 Å². The highest BCUT2D eigenvalue weighted by molar-refractivity contribution is 7.13. The van der Waals surface area contributed by atoms with Gasteiger partial charge in [0.25, 0.3) is 5.91 Å². The molecule has 0 unspecified atom stereocenters. The number of hydrogen-bond donors (Lipinski definition) is 4. The van der Waals surface area contributed by atoms with Gasteiger partial charge in [-0.2, -0.15) is 18.3 Å². The van der Waals surface area contributed by atoms with Crippen LogP contribution in [0.1, 0.15) is 74.2 Å². The zero-order valence-electron chi connectivity index (χ0n) is 36.7. The molecule has 0 aliphatic carbocycles. The maximum Gasteiger partial charge on any atom is 0.412 e. The van der Waals surface area contributed by atoms with Crippen LogP contribution in [0.3, 0.4) is 0 Å². The summed E-state index contributed by atoms with van der Waals surface area (Å²) in [6.45, 7) is 8.18. The van der Waals surface area contributed by atoms with E-state index in [4.69, 9.17) is 9.47 Å². The fourth-order valence-electron chi connectivity index (χ4n) is 8.07. The third-order valence-electron chi connectivity index (χ3n) is 11.6. The molecule has 5 heterocycles. The molecule has 4 N–H and O–H groups in total. The molecule has 2 fully saturated rings. The van der Waals surface area contributed by atoms with Crippen LogP contribution in [0.15, 0.2) is 78.4 Å². The topological polar surface area (TPSA) is 184 Å². The SMILES string of the molecule is COc1cc(N2CCC(OCC(=O)N[C@H](C(=O)N3CCC[C@H]3C(=O)N[C@H](c3ccc(-c4scnc4C)cc3)C(F)(F)F)C(C)(C)C)CC2)ccc1NC(=O)c1cccc(-c2ccn[nH]2)n1. The Labute approximate surface area is 378 Å². The Balaban J connectivity index is 0.911. The molecule has 0 bridgehead atoms. The number of anilines is 2. The van der Waals surface area contributed by atoms with Crippen LogP contribution in [-0.2, 0) is 19.1 Å². The van der Waals surface area contributed by atoms with Crippen molar-refractivity contribution >= 4 is 46.3 Å². The highest BCUT2D eigenvalue weighted by Crippen LogP contribution is 2.36. The van der Waals surface area contributed by atoms with Crippen LogP contribution in [-0.4, -0.2) is 106 Å². The number of amides is 4. The number of H-pyrrole nitrogens is 1. The number of nitrogens with one attached hydrogen (secondary N) is 4. The smallest absolute Gasteiger partial charge is 0.412 e. The van der Waals surface area contributed by atoms with E-state index in [-0.39, 0.29) is 36.9 Å². The Morgan fingerprint density at radius 3 is 2.35 bits per heavy atom. The molecule has 2 aliphatic rings. The third-order valence-corrected chi connectivity index (χ3v) is 12.5. The van der Waals surface area contributed by atoms with Gasteiger partial charge in [-0.05, 0) is 79.5 Å². The minimum atomic E-state index is -4.81. The second kappa shape index (κ2) is 19.8. The van der Waals surface area contributed by atoms with E-state index in [9.17, 15) is 32.3 Å². The van der Waals surface area contributed by atoms with Crippen molar-refractivity contribution in [3.63, 3.8) is 0 Å². The second-order valence-electron chi connectivity index (χ2n) is 17.1. The van der Waals surface area contributed by atoms with Crippen LogP contribution in [0.25, 0.3) is 21.8 Å². The van der Waals surface area contributed by atoms with Gasteiger partial charge in [-0.1, -0.05) is 51.1 Å². The van der Waals surface area contributed by atoms with E-state index in [1.807, 2.05) is 19.1 Å². The third kappa shape index (κ3) is 11.1. The lowest BCUT2D eigenvalue weighted by Gasteiger charge is -2.36. The first-order chi connectivity index (χ1) is 31.0. The Kier molecular flexibility index (Phi) is 14.2. The van der Waals surface area contributed by atoms with Crippen molar-refractivity contribution < 1.29 is 41.8 Å². The van der Waals surface area contributed by atoms with Crippen molar-refractivity contribution in [1.29, 1.82) is 0 Å². The molecule has 5 aromatic rings. The van der Waals surface area contributed by atoms with E-state index in [0.29, 0.717) is 60.7 Å². The minimum absolute atomic E-state index is 0.141. The quantitative estimate of drug-likeness (QED) is 0.0898. The Hall–Kier alpha value is -6.34. The molecule has 2 saturated heterocycles. The van der Waals surface area contributed by atoms with Gasteiger partial charge in [0.15, 0.2) is 6.04 Å². The Morgan fingerprint density at radius 1 is 0.954 bits per heavy atom. The lowest BCUT2D eigenvalue weighted by atomic mass is 9.85. The lowest BCUT2D eigenvalue weighted by molar-refractivity contribution is -0.165. The fourth-order valence-corrected chi connectivity index (χ4v) is 8.88. The Morgan fingerprint density at radius 2 is 1.71 bits per heavy atom. The van der Waals surface area contributed by atoms with Gasteiger partial charge in [0.05, 0.1) is 46.4 Å². The number of carbonyl (C=O) groups is 4. The van der Waals surface area contributed by atoms with Crippen molar-refractivity contribution in [2.24, 2.45) is 5.41 Å². The molecular formula is C46H52F3N9O6S. The number of carbonyl (C=O) groups excluding carboxylic acids is 4. The summed E-state index contributed by atoms with van der Waals surface area (Å²) in [5.74, 6) is -1.94. The van der Waals surface area contributed by atoms with Gasteiger partial charge < -0.3 is 35.2 Å². The van der Waals surface area contributed by atoms with E-state index >= 15 is 0 Å². The molecule has 15 nitrogen and oxygen atoms in total. The highest BCUT2D eigenvalue weighted by Gasteiger charge is 2.46. The minimum Gasteiger partial charge on any atom is -0.494 e. The lowest BCUT2D eigenvalue weighted by Crippen LogP contribution is -2.58. The maximum absolute atomic E-state index is 14.5. The highest BCUT2D eigenvalue weighted by atomic mass is 32.1. The van der Waals surface area contributed by atoms with Crippen molar-refractivity contribution in [3.8, 4) is 27.6 Å². The number of aryl methyl sites for hydroxylation is 1. The molecular weight excluding hydrogens is 864 g/mol. The van der Waals surface area contributed by atoms with E-state index in [0.717, 1.165) is 16.3 Å². The van der Waals surface area contributed by atoms with E-state index < -0.39 is 53.3 Å². The number of ether oxygens (including phenoxy) is 2. The number of thiazole rings is 1. The molecule has 3 aromatic heterocycles. The van der Waals surface area contributed by atoms with Crippen LogP contribution in [0.4, 0.5) is 24.5 Å². The molecule has 0 spiro atoms. The standard InChI is InChI=1S/C46H52F3N9O6S/c1-27-39(65-26-50-27)28-11-13-29(14-12-28)40(46(47,48)49)55-43(61)36-10-7-21-58(36)44(62)41(45(2,3)4)54-38(59)25-64-31-18-22-57(23-19-31)30-15-16-34(37(24-30)63-5)53-42(60)35-9-6-8-32(52-35)33-17-20-51-56-33/h6,8-9,11-17,20,24,26,31,36,40-41H,7,10,18-19,21-23,25H2,1-5H3,(H,51,56)(H,53,60)(H,54,59)(H,55,61)/t36-,40+,41+/m0/s1. The zero-order chi connectivity index (χ0) is 46.5. The summed E-state index contributed by atoms with van der Waals surface area (Å²) in [6.07, 6.45) is -1.65. The summed E-state index contributed by atoms with van der Waals surface area (Å²) in [5.41, 5.74) is 5.04. The first kappa shape index (κ1) is 46.6. The van der Waals surface area contributed by atoms with Gasteiger partial charge in [0, 0.05) is 37.6 Å². The first-order valence-corrected chi connectivity index (χ1v) is 22.2. The molecule has 7 rings (SSSR count). The van der Waals surface area contributed by atoms with Crippen molar-refractivity contribution in [2.45, 2.75) is 83.8 Å². The van der Waals surface area contributed by atoms with Crippen LogP contribution in [0.2, 0.25) is 0 Å². The van der Waals surface area contributed by atoms with E-state index in [1.165, 1.54) is 35.5 Å². The van der Waals surface area contributed by atoms with Crippen molar-refractivity contribution in [1.82, 2.24) is 35.7 Å². The number of alkyl halides is 3. The van der Waals surface area contributed by atoms with E-state index in [2.05, 4.69) is 41.0 Å². The number of rotatable bonds is 14. The molecule has 0 saturated carbocycles. The number of likely N-dealkylation sites (tertiary alicyclic amines) is 1. The number of nitrogens with zero attached hydrogens (tertiary/aromatic N) is 5. The molecule has 0 radical (unpaired) electrons. The first-order valence-electron chi connectivity index (χ1n) is 21.3. The molecule has 19 heteroatoms. The van der Waals surface area contributed by atoms with Gasteiger partial charge in [-0.3, -0.25) is 24.3 Å². The number of benzene rings is 2. The molecule has 65 heavy (non-hydrogen) atoms. The number of aromatic amines is 1. The van der Waals surface area contributed by atoms with Crippen LogP contribution in [0, 0.1) is 12.3 Å². The van der Waals surface area contributed by atoms with Crippen LogP contribution in [0.5, 0.6) is 5.75 Å². The predicted molar refractivity (Wildman–Crippen MR) is 239 cm³/mol. The normalized spacial score (nSPS) is 16.8. The molecule has 4 amide bonds. The van der Waals surface area contributed by atoms with Crippen molar-refractivity contribution in [3.05, 3.63) is 95.4 Å². The number of halogens is 3. The summed E-state index contributed by atoms with van der Waals surface area (Å²) >= 11 is 1.38. The average molecular weight is 916 g/mol. The summed E-state index contributed by atoms with van der Waals surface area (Å²) in [6, 6.07) is 13.7. The summed E-state index contributed by atoms with van der Waals surface area (Å²) in [7, 11) is 1.52. The number of hydrogen-bond acceptors (Lipinski definition) is 11. The van der Waals surface area contributed by atoms with Gasteiger partial charge in [0.2, 0.25) is 17.7 Å². The number of methoxy groups -OCH3 is 1. The summed E-state index contributed by atoms with van der Waals surface area (Å²) in [5, 5.41) is 14.6. The van der Waals surface area contributed by atoms with E-state index in [1.54, 1.807) is 74.9 Å². The van der Waals surface area contributed by atoms with Gasteiger partial charge in [0.1, 0.15) is 30.1 Å². The fraction of sp³-hybridized carbons (Fsp3) is 0.413. The summed E-state index contributed by atoms with van der Waals surface area (Å²) < 4.78 is 55.0. The van der Waals surface area contributed by atoms with Gasteiger partial charge in [-0.15, -0.1) is 11.3 Å². The summed E-state index contributed by atoms with van der Waals surface area (Å²) in [4.78, 5) is 67.1. The predicted octanol–water partition coefficient (Wildman–Crippen LogP) is 7.09. The van der Waals surface area contributed by atoms with Crippen LogP contribution >= 0.6 is 11.3 Å². The largest absolute Gasteiger partial charge is 0.494 e. The number of aromatic nitrogens is 4. The maximum atomic E-state index is 14.5. The second-order valence-corrected chi connectivity index (χ2v) is 18.0. The average Bonchev–Trinajstić information content (AvgIpc) is 4.10. The molecule has 2 aliphatic heterocycles. The molecule has 2 aromatic carbocycles. The molecule has 344 valence electrons.